The average molecular weight is 499 g/mol. The molecule has 3 aromatic rings. The van der Waals surface area contributed by atoms with Crippen LogP contribution in [0.3, 0.4) is 0 Å². The van der Waals surface area contributed by atoms with Crippen LogP contribution in [0.25, 0.3) is 0 Å². The summed E-state index contributed by atoms with van der Waals surface area (Å²) in [6.07, 6.45) is 1.20. The van der Waals surface area contributed by atoms with E-state index in [2.05, 4.69) is 17.6 Å². The summed E-state index contributed by atoms with van der Waals surface area (Å²) < 4.78 is 34.1. The molecule has 35 heavy (non-hydrogen) atoms. The third-order valence-corrected chi connectivity index (χ3v) is 6.57. The van der Waals surface area contributed by atoms with E-state index in [1.807, 2.05) is 12.1 Å². The van der Waals surface area contributed by atoms with Crippen LogP contribution in [-0.2, 0) is 16.0 Å². The van der Waals surface area contributed by atoms with E-state index in [1.54, 1.807) is 36.4 Å². The van der Waals surface area contributed by atoms with Gasteiger partial charge in [0.25, 0.3) is 0 Å². The molecule has 0 bridgehead atoms. The highest BCUT2D eigenvalue weighted by Crippen LogP contribution is 2.30. The molecule has 0 spiro atoms. The Morgan fingerprint density at radius 1 is 1.09 bits per heavy atom. The van der Waals surface area contributed by atoms with Gasteiger partial charge < -0.3 is 15.4 Å². The van der Waals surface area contributed by atoms with Gasteiger partial charge in [0.1, 0.15) is 11.6 Å². The van der Waals surface area contributed by atoms with E-state index < -0.39 is 0 Å². The van der Waals surface area contributed by atoms with Crippen molar-refractivity contribution in [2.45, 2.75) is 44.2 Å². The Kier molecular flexibility index (Phi) is 8.50. The zero-order valence-corrected chi connectivity index (χ0v) is 20.3. The molecule has 184 valence electrons. The SMILES string of the molecule is C[C@H]1CO[C@H](CCc2c(F)cccc2NC(=O)C[C@H](c2ccc(F)cc2)c2ccc(Cl)cc2)CN1. The number of ether oxygens (including phenoxy) is 1. The van der Waals surface area contributed by atoms with Crippen LogP contribution in [0.1, 0.15) is 42.4 Å². The maximum absolute atomic E-state index is 14.7. The lowest BCUT2D eigenvalue weighted by Gasteiger charge is -2.28. The summed E-state index contributed by atoms with van der Waals surface area (Å²) in [5.74, 6) is -1.27. The fourth-order valence-electron chi connectivity index (χ4n) is 4.36. The van der Waals surface area contributed by atoms with E-state index in [1.165, 1.54) is 18.2 Å². The zero-order chi connectivity index (χ0) is 24.8. The molecule has 0 aromatic heterocycles. The van der Waals surface area contributed by atoms with Crippen LogP contribution >= 0.6 is 11.6 Å². The van der Waals surface area contributed by atoms with Gasteiger partial charge >= 0.3 is 0 Å². The Balaban J connectivity index is 1.49. The Bertz CT molecular complexity index is 1090. The van der Waals surface area contributed by atoms with Gasteiger partial charge in [-0.1, -0.05) is 41.9 Å². The molecule has 0 unspecified atom stereocenters. The van der Waals surface area contributed by atoms with E-state index in [-0.39, 0.29) is 36.0 Å². The van der Waals surface area contributed by atoms with Crippen LogP contribution in [-0.4, -0.2) is 31.2 Å². The second kappa shape index (κ2) is 11.8. The molecule has 1 fully saturated rings. The number of halogens is 3. The average Bonchev–Trinajstić information content (AvgIpc) is 2.84. The topological polar surface area (TPSA) is 50.4 Å². The summed E-state index contributed by atoms with van der Waals surface area (Å²) in [7, 11) is 0. The highest BCUT2D eigenvalue weighted by Gasteiger charge is 2.22. The molecule has 4 rings (SSSR count). The number of nitrogens with one attached hydrogen (secondary N) is 2. The molecular weight excluding hydrogens is 470 g/mol. The van der Waals surface area contributed by atoms with Crippen molar-refractivity contribution in [3.8, 4) is 0 Å². The highest BCUT2D eigenvalue weighted by atomic mass is 35.5. The van der Waals surface area contributed by atoms with Gasteiger partial charge in [-0.15, -0.1) is 0 Å². The molecule has 4 nitrogen and oxygen atoms in total. The molecule has 1 amide bonds. The van der Waals surface area contributed by atoms with Crippen molar-refractivity contribution >= 4 is 23.2 Å². The number of hydrogen-bond acceptors (Lipinski definition) is 3. The second-order valence-corrected chi connectivity index (χ2v) is 9.41. The molecule has 3 aromatic carbocycles. The van der Waals surface area contributed by atoms with Gasteiger partial charge in [-0.3, -0.25) is 4.79 Å². The van der Waals surface area contributed by atoms with Crippen LogP contribution in [0.2, 0.25) is 5.02 Å². The Hall–Kier alpha value is -2.80. The van der Waals surface area contributed by atoms with Crippen molar-refractivity contribution in [1.29, 1.82) is 0 Å². The van der Waals surface area contributed by atoms with Crippen molar-refractivity contribution in [1.82, 2.24) is 5.32 Å². The summed E-state index contributed by atoms with van der Waals surface area (Å²) in [6, 6.07) is 18.4. The van der Waals surface area contributed by atoms with Gasteiger partial charge in [-0.25, -0.2) is 8.78 Å². The molecule has 1 aliphatic heterocycles. The molecule has 1 saturated heterocycles. The lowest BCUT2D eigenvalue weighted by Crippen LogP contribution is -2.44. The monoisotopic (exact) mass is 498 g/mol. The van der Waals surface area contributed by atoms with Crippen LogP contribution in [0.15, 0.2) is 66.7 Å². The molecule has 3 atom stereocenters. The number of anilines is 1. The zero-order valence-electron chi connectivity index (χ0n) is 19.6. The first-order valence-electron chi connectivity index (χ1n) is 11.8. The smallest absolute Gasteiger partial charge is 0.225 e. The fraction of sp³-hybridized carbons (Fsp3) is 0.321. The summed E-state index contributed by atoms with van der Waals surface area (Å²) in [4.78, 5) is 13.1. The fourth-order valence-corrected chi connectivity index (χ4v) is 4.48. The van der Waals surface area contributed by atoms with Crippen molar-refractivity contribution in [2.24, 2.45) is 0 Å². The van der Waals surface area contributed by atoms with E-state index in [4.69, 9.17) is 16.3 Å². The van der Waals surface area contributed by atoms with Crippen LogP contribution in [0.4, 0.5) is 14.5 Å². The second-order valence-electron chi connectivity index (χ2n) is 8.98. The number of rotatable bonds is 8. The number of carbonyl (C=O) groups is 1. The summed E-state index contributed by atoms with van der Waals surface area (Å²) in [5, 5.41) is 6.86. The van der Waals surface area contributed by atoms with Crippen LogP contribution < -0.4 is 10.6 Å². The molecule has 0 saturated carbocycles. The first-order valence-corrected chi connectivity index (χ1v) is 12.2. The van der Waals surface area contributed by atoms with Gasteiger partial charge in [0, 0.05) is 41.2 Å². The first-order chi connectivity index (χ1) is 16.9. The minimum atomic E-state index is -0.354. The van der Waals surface area contributed by atoms with Gasteiger partial charge in [-0.05, 0) is 67.3 Å². The highest BCUT2D eigenvalue weighted by molar-refractivity contribution is 6.30. The van der Waals surface area contributed by atoms with E-state index in [0.29, 0.717) is 41.8 Å². The minimum absolute atomic E-state index is 0.00196. The molecule has 0 aliphatic carbocycles. The standard InChI is InChI=1S/C28H29ClF2N2O2/c1-18-17-35-23(16-32-18)13-14-24-26(31)3-2-4-27(24)33-28(34)15-25(19-5-9-21(29)10-6-19)20-7-11-22(30)12-8-20/h2-12,18,23,25,32H,13-17H2,1H3,(H,33,34)/t18-,23+,25-/m0/s1. The van der Waals surface area contributed by atoms with Crippen molar-refractivity contribution in [3.63, 3.8) is 0 Å². The predicted octanol–water partition coefficient (Wildman–Crippen LogP) is 6.09. The van der Waals surface area contributed by atoms with E-state index >= 15 is 0 Å². The molecule has 7 heteroatoms. The van der Waals surface area contributed by atoms with Crippen molar-refractivity contribution in [2.75, 3.05) is 18.5 Å². The van der Waals surface area contributed by atoms with Gasteiger partial charge in [-0.2, -0.15) is 0 Å². The summed E-state index contributed by atoms with van der Waals surface area (Å²) in [6.45, 7) is 3.41. The number of hydrogen-bond donors (Lipinski definition) is 2. The maximum Gasteiger partial charge on any atom is 0.225 e. The number of benzene rings is 3. The molecule has 2 N–H and O–H groups in total. The minimum Gasteiger partial charge on any atom is -0.375 e. The Morgan fingerprint density at radius 3 is 2.43 bits per heavy atom. The van der Waals surface area contributed by atoms with Crippen LogP contribution in [0, 0.1) is 11.6 Å². The van der Waals surface area contributed by atoms with Gasteiger partial charge in [0.15, 0.2) is 0 Å². The van der Waals surface area contributed by atoms with Crippen molar-refractivity contribution in [3.05, 3.63) is 100 Å². The molecule has 1 aliphatic rings. The summed E-state index contributed by atoms with van der Waals surface area (Å²) in [5.41, 5.74) is 2.61. The normalized spacial score (nSPS) is 18.7. The number of morpholine rings is 1. The van der Waals surface area contributed by atoms with Crippen LogP contribution in [0.5, 0.6) is 0 Å². The van der Waals surface area contributed by atoms with Crippen molar-refractivity contribution < 1.29 is 18.3 Å². The maximum atomic E-state index is 14.7. The number of carbonyl (C=O) groups excluding carboxylic acids is 1. The van der Waals surface area contributed by atoms with E-state index in [0.717, 1.165) is 17.7 Å². The third kappa shape index (κ3) is 6.88. The largest absolute Gasteiger partial charge is 0.375 e. The summed E-state index contributed by atoms with van der Waals surface area (Å²) >= 11 is 6.04. The Labute approximate surface area is 209 Å². The lowest BCUT2D eigenvalue weighted by atomic mass is 9.88. The number of amides is 1. The third-order valence-electron chi connectivity index (χ3n) is 6.32. The molecule has 1 heterocycles. The Morgan fingerprint density at radius 2 is 1.77 bits per heavy atom. The lowest BCUT2D eigenvalue weighted by molar-refractivity contribution is -0.116. The molecule has 0 radical (unpaired) electrons. The first kappa shape index (κ1) is 25.3. The predicted molar refractivity (Wildman–Crippen MR) is 135 cm³/mol. The van der Waals surface area contributed by atoms with E-state index in [9.17, 15) is 13.6 Å². The van der Waals surface area contributed by atoms with Gasteiger partial charge in [0.2, 0.25) is 5.91 Å². The quantitative estimate of drug-likeness (QED) is 0.395. The molecular formula is C28H29ClF2N2O2. The van der Waals surface area contributed by atoms with Gasteiger partial charge in [0.05, 0.1) is 12.7 Å².